The minimum Gasteiger partial charge on any atom is -0.442 e. The van der Waals surface area contributed by atoms with Gasteiger partial charge >= 0.3 is 0 Å². The van der Waals surface area contributed by atoms with E-state index in [4.69, 9.17) is 10.2 Å². The highest BCUT2D eigenvalue weighted by atomic mass is 16.3. The van der Waals surface area contributed by atoms with Crippen molar-refractivity contribution in [3.05, 3.63) is 24.5 Å². The van der Waals surface area contributed by atoms with Gasteiger partial charge in [0.05, 0.1) is 0 Å². The van der Waals surface area contributed by atoms with Gasteiger partial charge in [-0.3, -0.25) is 0 Å². The van der Waals surface area contributed by atoms with E-state index >= 15 is 0 Å². The first-order chi connectivity index (χ1) is 3.83. The number of anilines is 1. The fourth-order valence-electron chi connectivity index (χ4n) is 0.478. The molecule has 1 aromatic heterocycles. The molecule has 0 spiro atoms. The molecule has 0 aromatic carbocycles. The highest BCUT2D eigenvalue weighted by Crippen LogP contribution is 2.08. The minimum absolute atomic E-state index is 0.430. The number of hydrogen-bond donors (Lipinski definition) is 1. The lowest BCUT2D eigenvalue weighted by Crippen LogP contribution is -1.75. The Morgan fingerprint density at radius 3 is 2.62 bits per heavy atom. The number of nitrogen functional groups attached to an aromatic ring is 1. The molecular weight excluding hydrogens is 102 g/mol. The Balaban J connectivity index is 3.00. The van der Waals surface area contributed by atoms with Crippen molar-refractivity contribution in [1.82, 2.24) is 0 Å². The summed E-state index contributed by atoms with van der Waals surface area (Å²) in [5.41, 5.74) is 5.24. The first-order valence-electron chi connectivity index (χ1n) is 2.30. The van der Waals surface area contributed by atoms with Crippen LogP contribution in [0.2, 0.25) is 0 Å². The molecule has 2 N–H and O–H groups in total. The van der Waals surface area contributed by atoms with Crippen molar-refractivity contribution < 1.29 is 4.42 Å². The predicted molar refractivity (Wildman–Crippen MR) is 33.2 cm³/mol. The molecule has 2 nitrogen and oxygen atoms in total. The van der Waals surface area contributed by atoms with Gasteiger partial charge in [-0.15, -0.1) is 0 Å². The molecule has 0 radical (unpaired) electrons. The summed E-state index contributed by atoms with van der Waals surface area (Å²) in [6.07, 6.45) is 1.61. The van der Waals surface area contributed by atoms with Crippen molar-refractivity contribution in [3.63, 3.8) is 0 Å². The van der Waals surface area contributed by atoms with Crippen LogP contribution in [0.4, 0.5) is 5.88 Å². The highest BCUT2D eigenvalue weighted by Gasteiger charge is 1.89. The maximum absolute atomic E-state index is 5.24. The number of furan rings is 1. The Bertz CT molecular complexity index is 190. The standard InChI is InChI=1S/C6H7NO/c1-2-5-3-4-6(7)8-5/h2-4H,1,7H2. The summed E-state index contributed by atoms with van der Waals surface area (Å²) in [5.74, 6) is 1.14. The third-order valence-corrected chi connectivity index (χ3v) is 0.849. The molecule has 0 aliphatic rings. The largest absolute Gasteiger partial charge is 0.442 e. The van der Waals surface area contributed by atoms with E-state index in [-0.39, 0.29) is 0 Å². The topological polar surface area (TPSA) is 39.2 Å². The van der Waals surface area contributed by atoms with Crippen LogP contribution in [0.25, 0.3) is 6.08 Å². The van der Waals surface area contributed by atoms with Crippen LogP contribution < -0.4 is 5.73 Å². The molecular formula is C6H7NO. The summed E-state index contributed by atoms with van der Waals surface area (Å²) >= 11 is 0. The molecule has 0 bridgehead atoms. The molecule has 1 aromatic rings. The van der Waals surface area contributed by atoms with Crippen LogP contribution in [0.1, 0.15) is 5.76 Å². The fourth-order valence-corrected chi connectivity index (χ4v) is 0.478. The van der Waals surface area contributed by atoms with E-state index in [2.05, 4.69) is 6.58 Å². The average molecular weight is 109 g/mol. The molecule has 1 heterocycles. The third kappa shape index (κ3) is 0.729. The molecule has 0 aliphatic heterocycles. The van der Waals surface area contributed by atoms with E-state index < -0.39 is 0 Å². The Kier molecular flexibility index (Phi) is 1.08. The summed E-state index contributed by atoms with van der Waals surface area (Å²) in [5, 5.41) is 0. The smallest absolute Gasteiger partial charge is 0.190 e. The third-order valence-electron chi connectivity index (χ3n) is 0.849. The molecule has 0 unspecified atom stereocenters. The lowest BCUT2D eigenvalue weighted by atomic mass is 10.4. The zero-order valence-corrected chi connectivity index (χ0v) is 4.42. The van der Waals surface area contributed by atoms with Crippen molar-refractivity contribution in [3.8, 4) is 0 Å². The maximum Gasteiger partial charge on any atom is 0.190 e. The molecule has 0 saturated heterocycles. The Hall–Kier alpha value is -1.18. The highest BCUT2D eigenvalue weighted by molar-refractivity contribution is 5.43. The molecule has 0 fully saturated rings. The van der Waals surface area contributed by atoms with Crippen LogP contribution in [0.15, 0.2) is 23.1 Å². The summed E-state index contributed by atoms with van der Waals surface area (Å²) in [7, 11) is 0. The van der Waals surface area contributed by atoms with Crippen LogP contribution in [-0.2, 0) is 0 Å². The summed E-state index contributed by atoms with van der Waals surface area (Å²) in [6.45, 7) is 3.49. The molecule has 0 atom stereocenters. The SMILES string of the molecule is C=Cc1ccc(N)o1. The first kappa shape index (κ1) is 4.97. The Labute approximate surface area is 47.6 Å². The zero-order chi connectivity index (χ0) is 5.98. The van der Waals surface area contributed by atoms with Crippen LogP contribution in [0.3, 0.4) is 0 Å². The van der Waals surface area contributed by atoms with Gasteiger partial charge in [0.2, 0.25) is 0 Å². The first-order valence-corrected chi connectivity index (χ1v) is 2.30. The van der Waals surface area contributed by atoms with Crippen LogP contribution >= 0.6 is 0 Å². The number of rotatable bonds is 1. The van der Waals surface area contributed by atoms with Gasteiger partial charge in [0.15, 0.2) is 5.88 Å². The monoisotopic (exact) mass is 109 g/mol. The average Bonchev–Trinajstić information content (AvgIpc) is 2.14. The van der Waals surface area contributed by atoms with Crippen molar-refractivity contribution in [2.75, 3.05) is 5.73 Å². The van der Waals surface area contributed by atoms with E-state index in [9.17, 15) is 0 Å². The lowest BCUT2D eigenvalue weighted by Gasteiger charge is -1.78. The molecule has 0 saturated carbocycles. The summed E-state index contributed by atoms with van der Waals surface area (Å²) in [6, 6.07) is 3.46. The van der Waals surface area contributed by atoms with Crippen molar-refractivity contribution in [1.29, 1.82) is 0 Å². The molecule has 1 rings (SSSR count). The molecule has 42 valence electrons. The van der Waals surface area contributed by atoms with Crippen LogP contribution in [0, 0.1) is 0 Å². The Morgan fingerprint density at radius 1 is 1.62 bits per heavy atom. The van der Waals surface area contributed by atoms with E-state index in [0.29, 0.717) is 11.6 Å². The second kappa shape index (κ2) is 1.74. The second-order valence-electron chi connectivity index (χ2n) is 1.44. The zero-order valence-electron chi connectivity index (χ0n) is 4.42. The van der Waals surface area contributed by atoms with Crippen molar-refractivity contribution in [2.45, 2.75) is 0 Å². The van der Waals surface area contributed by atoms with E-state index in [1.807, 2.05) is 0 Å². The van der Waals surface area contributed by atoms with Gasteiger partial charge in [-0.2, -0.15) is 0 Å². The molecule has 0 aliphatic carbocycles. The Morgan fingerprint density at radius 2 is 2.38 bits per heavy atom. The van der Waals surface area contributed by atoms with Gasteiger partial charge in [-0.1, -0.05) is 6.58 Å². The van der Waals surface area contributed by atoms with Gasteiger partial charge in [0.1, 0.15) is 5.76 Å². The predicted octanol–water partition coefficient (Wildman–Crippen LogP) is 1.50. The summed E-state index contributed by atoms with van der Waals surface area (Å²) < 4.78 is 4.89. The lowest BCUT2D eigenvalue weighted by molar-refractivity contribution is 0.577. The molecule has 0 amide bonds. The van der Waals surface area contributed by atoms with Gasteiger partial charge in [0, 0.05) is 6.07 Å². The number of hydrogen-bond acceptors (Lipinski definition) is 2. The van der Waals surface area contributed by atoms with Gasteiger partial charge < -0.3 is 10.2 Å². The van der Waals surface area contributed by atoms with Gasteiger partial charge in [-0.05, 0) is 12.1 Å². The van der Waals surface area contributed by atoms with Crippen molar-refractivity contribution in [2.24, 2.45) is 0 Å². The number of nitrogens with two attached hydrogens (primary N) is 1. The van der Waals surface area contributed by atoms with Crippen molar-refractivity contribution >= 4 is 12.0 Å². The van der Waals surface area contributed by atoms with E-state index in [0.717, 1.165) is 0 Å². The van der Waals surface area contributed by atoms with E-state index in [1.165, 1.54) is 0 Å². The minimum atomic E-state index is 0.430. The van der Waals surface area contributed by atoms with E-state index in [1.54, 1.807) is 18.2 Å². The maximum atomic E-state index is 5.24. The second-order valence-corrected chi connectivity index (χ2v) is 1.44. The van der Waals surface area contributed by atoms with Gasteiger partial charge in [0.25, 0.3) is 0 Å². The molecule has 8 heavy (non-hydrogen) atoms. The van der Waals surface area contributed by atoms with Gasteiger partial charge in [-0.25, -0.2) is 0 Å². The van der Waals surface area contributed by atoms with Crippen LogP contribution in [0.5, 0.6) is 0 Å². The fraction of sp³-hybridized carbons (Fsp3) is 0. The summed E-state index contributed by atoms with van der Waals surface area (Å²) in [4.78, 5) is 0. The normalized spacial score (nSPS) is 9.00. The molecule has 2 heteroatoms. The van der Waals surface area contributed by atoms with Crippen LogP contribution in [-0.4, -0.2) is 0 Å². The quantitative estimate of drug-likeness (QED) is 0.593.